The van der Waals surface area contributed by atoms with Crippen molar-refractivity contribution in [3.05, 3.63) is 29.8 Å². The molecule has 0 aromatic heterocycles. The average molecular weight is 407 g/mol. The van der Waals surface area contributed by atoms with Gasteiger partial charge in [0.05, 0.1) is 13.7 Å². The summed E-state index contributed by atoms with van der Waals surface area (Å²) in [5.74, 6) is 1.43. The van der Waals surface area contributed by atoms with Gasteiger partial charge in [0.1, 0.15) is 0 Å². The molecule has 3 N–H and O–H groups in total. The molecule has 0 atom stereocenters. The van der Waals surface area contributed by atoms with Crippen molar-refractivity contribution in [2.75, 3.05) is 51.9 Å². The first-order valence-corrected chi connectivity index (χ1v) is 10.3. The zero-order valence-corrected chi connectivity index (χ0v) is 17.5. The summed E-state index contributed by atoms with van der Waals surface area (Å²) in [6.45, 7) is 7.51. The highest BCUT2D eigenvalue weighted by atomic mass is 16.5. The minimum Gasteiger partial charge on any atom is -0.453 e. The van der Waals surface area contributed by atoms with Crippen LogP contribution in [0.15, 0.2) is 29.3 Å². The first-order chi connectivity index (χ1) is 14.2. The van der Waals surface area contributed by atoms with Gasteiger partial charge in [-0.05, 0) is 49.8 Å². The molecule has 1 aliphatic rings. The molecule has 1 aromatic carbocycles. The van der Waals surface area contributed by atoms with Crippen LogP contribution in [-0.2, 0) is 20.8 Å². The number of rotatable bonds is 10. The van der Waals surface area contributed by atoms with Crippen molar-refractivity contribution in [2.45, 2.75) is 32.7 Å². The zero-order chi connectivity index (χ0) is 20.7. The van der Waals surface area contributed by atoms with Crippen molar-refractivity contribution in [3.8, 4) is 0 Å². The summed E-state index contributed by atoms with van der Waals surface area (Å²) in [4.78, 5) is 15.8. The monoisotopic (exact) mass is 406 g/mol. The number of benzene rings is 1. The van der Waals surface area contributed by atoms with Crippen LogP contribution in [0, 0.1) is 5.92 Å². The number of nitrogens with zero attached hydrogens (tertiary/aromatic N) is 1. The molecular weight excluding hydrogens is 372 g/mol. The maximum Gasteiger partial charge on any atom is 0.411 e. The van der Waals surface area contributed by atoms with Gasteiger partial charge in [0.2, 0.25) is 0 Å². The summed E-state index contributed by atoms with van der Waals surface area (Å²) >= 11 is 0. The number of anilines is 1. The molecule has 0 unspecified atom stereocenters. The van der Waals surface area contributed by atoms with Crippen LogP contribution in [0.3, 0.4) is 0 Å². The van der Waals surface area contributed by atoms with E-state index >= 15 is 0 Å². The minimum atomic E-state index is -0.480. The molecule has 1 amide bonds. The van der Waals surface area contributed by atoms with Crippen molar-refractivity contribution in [1.29, 1.82) is 0 Å². The van der Waals surface area contributed by atoms with Crippen molar-refractivity contribution in [2.24, 2.45) is 10.9 Å². The molecule has 162 valence electrons. The van der Waals surface area contributed by atoms with E-state index in [4.69, 9.17) is 9.47 Å². The fraction of sp³-hybridized carbons (Fsp3) is 0.619. The summed E-state index contributed by atoms with van der Waals surface area (Å²) in [5.41, 5.74) is 1.74. The molecular formula is C21H34N4O4. The Morgan fingerprint density at radius 1 is 1.21 bits per heavy atom. The lowest BCUT2D eigenvalue weighted by atomic mass is 10.0. The van der Waals surface area contributed by atoms with Gasteiger partial charge in [0, 0.05) is 45.2 Å². The van der Waals surface area contributed by atoms with Gasteiger partial charge in [0.15, 0.2) is 5.96 Å². The molecule has 2 rings (SSSR count). The third-order valence-electron chi connectivity index (χ3n) is 4.60. The normalized spacial score (nSPS) is 15.0. The number of carbonyl (C=O) groups is 1. The Morgan fingerprint density at radius 3 is 2.66 bits per heavy atom. The van der Waals surface area contributed by atoms with E-state index in [0.717, 1.165) is 70.3 Å². The van der Waals surface area contributed by atoms with Crippen LogP contribution in [0.5, 0.6) is 0 Å². The lowest BCUT2D eigenvalue weighted by Crippen LogP contribution is -2.38. The number of hydrogen-bond donors (Lipinski definition) is 3. The van der Waals surface area contributed by atoms with Crippen LogP contribution in [0.4, 0.5) is 10.5 Å². The first kappa shape index (κ1) is 23.0. The Balaban J connectivity index is 1.66. The van der Waals surface area contributed by atoms with E-state index < -0.39 is 6.09 Å². The van der Waals surface area contributed by atoms with Gasteiger partial charge < -0.3 is 24.8 Å². The van der Waals surface area contributed by atoms with Gasteiger partial charge in [-0.15, -0.1) is 0 Å². The number of ether oxygens (including phenoxy) is 3. The average Bonchev–Trinajstić information content (AvgIpc) is 2.76. The number of nitrogens with one attached hydrogen (secondary N) is 3. The fourth-order valence-corrected chi connectivity index (χ4v) is 2.92. The summed E-state index contributed by atoms with van der Waals surface area (Å²) in [6.07, 6.45) is 2.66. The van der Waals surface area contributed by atoms with E-state index in [1.165, 1.54) is 7.11 Å². The second kappa shape index (κ2) is 13.8. The number of carbonyl (C=O) groups excluding carboxylic acids is 1. The summed E-state index contributed by atoms with van der Waals surface area (Å²) in [5, 5.41) is 9.22. The lowest BCUT2D eigenvalue weighted by molar-refractivity contribution is 0.0203. The van der Waals surface area contributed by atoms with E-state index in [1.807, 2.05) is 31.2 Å². The summed E-state index contributed by atoms with van der Waals surface area (Å²) in [7, 11) is 1.34. The van der Waals surface area contributed by atoms with Gasteiger partial charge in [-0.1, -0.05) is 12.1 Å². The molecule has 8 nitrogen and oxygen atoms in total. The second-order valence-electron chi connectivity index (χ2n) is 6.92. The number of methoxy groups -OCH3 is 1. The fourth-order valence-electron chi connectivity index (χ4n) is 2.92. The maximum absolute atomic E-state index is 11.2. The van der Waals surface area contributed by atoms with Crippen LogP contribution in [-0.4, -0.2) is 58.7 Å². The van der Waals surface area contributed by atoms with E-state index in [1.54, 1.807) is 0 Å². The van der Waals surface area contributed by atoms with Crippen LogP contribution >= 0.6 is 0 Å². The molecule has 8 heteroatoms. The number of hydrogen-bond acceptors (Lipinski definition) is 5. The predicted octanol–water partition coefficient (Wildman–Crippen LogP) is 2.75. The van der Waals surface area contributed by atoms with Gasteiger partial charge in [0.25, 0.3) is 0 Å². The highest BCUT2D eigenvalue weighted by Crippen LogP contribution is 2.14. The summed E-state index contributed by atoms with van der Waals surface area (Å²) < 4.78 is 15.7. The third-order valence-corrected chi connectivity index (χ3v) is 4.60. The molecule has 1 fully saturated rings. The van der Waals surface area contributed by atoms with E-state index in [9.17, 15) is 4.79 Å². The smallest absolute Gasteiger partial charge is 0.411 e. The van der Waals surface area contributed by atoms with E-state index in [2.05, 4.69) is 25.7 Å². The van der Waals surface area contributed by atoms with Crippen LogP contribution < -0.4 is 16.0 Å². The quantitative estimate of drug-likeness (QED) is 0.314. The van der Waals surface area contributed by atoms with Gasteiger partial charge >= 0.3 is 6.09 Å². The van der Waals surface area contributed by atoms with Crippen LogP contribution in [0.2, 0.25) is 0 Å². The zero-order valence-electron chi connectivity index (χ0n) is 17.5. The topological polar surface area (TPSA) is 93.2 Å². The SMILES string of the molecule is CCNC(=NCc1ccc(NC(=O)OC)cc1)NCCCOCC1CCOCC1. The third kappa shape index (κ3) is 9.62. The first-order valence-electron chi connectivity index (χ1n) is 10.3. The Hall–Kier alpha value is -2.32. The standard InChI is InChI=1S/C21H34N4O4/c1-3-22-20(23-11-4-12-29-16-18-9-13-28-14-10-18)24-15-17-5-7-19(8-6-17)25-21(26)27-2/h5-8,18H,3-4,9-16H2,1-2H3,(H,25,26)(H2,22,23,24). The highest BCUT2D eigenvalue weighted by molar-refractivity contribution is 5.84. The molecule has 1 saturated heterocycles. The van der Waals surface area contributed by atoms with Crippen molar-refractivity contribution in [3.63, 3.8) is 0 Å². The predicted molar refractivity (Wildman–Crippen MR) is 114 cm³/mol. The van der Waals surface area contributed by atoms with Crippen molar-refractivity contribution >= 4 is 17.7 Å². The Bertz CT molecular complexity index is 616. The molecule has 0 saturated carbocycles. The molecule has 1 heterocycles. The number of guanidine groups is 1. The Morgan fingerprint density at radius 2 is 1.97 bits per heavy atom. The van der Waals surface area contributed by atoms with Crippen molar-refractivity contribution in [1.82, 2.24) is 10.6 Å². The minimum absolute atomic E-state index is 0.480. The van der Waals surface area contributed by atoms with E-state index in [-0.39, 0.29) is 0 Å². The van der Waals surface area contributed by atoms with Crippen LogP contribution in [0.1, 0.15) is 31.7 Å². The highest BCUT2D eigenvalue weighted by Gasteiger charge is 2.13. The molecule has 1 aliphatic heterocycles. The molecule has 29 heavy (non-hydrogen) atoms. The Labute approximate surface area is 173 Å². The number of amides is 1. The van der Waals surface area contributed by atoms with Crippen molar-refractivity contribution < 1.29 is 19.0 Å². The Kier molecular flexibility index (Phi) is 10.9. The van der Waals surface area contributed by atoms with Gasteiger partial charge in [-0.3, -0.25) is 5.32 Å². The van der Waals surface area contributed by atoms with Gasteiger partial charge in [-0.25, -0.2) is 9.79 Å². The lowest BCUT2D eigenvalue weighted by Gasteiger charge is -2.21. The molecule has 0 spiro atoms. The maximum atomic E-state index is 11.2. The second-order valence-corrected chi connectivity index (χ2v) is 6.92. The van der Waals surface area contributed by atoms with Crippen LogP contribution in [0.25, 0.3) is 0 Å². The van der Waals surface area contributed by atoms with E-state index in [0.29, 0.717) is 18.2 Å². The summed E-state index contributed by atoms with van der Waals surface area (Å²) in [6, 6.07) is 7.53. The molecule has 1 aromatic rings. The molecule has 0 aliphatic carbocycles. The molecule has 0 radical (unpaired) electrons. The molecule has 0 bridgehead atoms. The van der Waals surface area contributed by atoms with Gasteiger partial charge in [-0.2, -0.15) is 0 Å². The number of aliphatic imine (C=N–C) groups is 1. The largest absolute Gasteiger partial charge is 0.453 e.